The first-order valence-electron chi connectivity index (χ1n) is 5.36. The van der Waals surface area contributed by atoms with Gasteiger partial charge in [0, 0.05) is 19.5 Å². The monoisotopic (exact) mass is 245 g/mol. The molecule has 5 N–H and O–H groups in total. The van der Waals surface area contributed by atoms with Crippen LogP contribution in [0.2, 0.25) is 0 Å². The van der Waals surface area contributed by atoms with Crippen LogP contribution in [0, 0.1) is 0 Å². The third kappa shape index (κ3) is 2.12. The van der Waals surface area contributed by atoms with E-state index in [1.807, 2.05) is 0 Å². The zero-order chi connectivity index (χ0) is 12.6. The van der Waals surface area contributed by atoms with E-state index < -0.39 is 30.6 Å². The highest BCUT2D eigenvalue weighted by molar-refractivity contribution is 5.96. The maximum Gasteiger partial charge on any atom is 0.326 e. The van der Waals surface area contributed by atoms with Crippen molar-refractivity contribution in [2.24, 2.45) is 5.73 Å². The third-order valence-corrected chi connectivity index (χ3v) is 2.96. The SMILES string of the molecule is NCC1OC(N2CCC(=O)NC2=O)C(O)C1O. The van der Waals surface area contributed by atoms with Gasteiger partial charge in [-0.25, -0.2) is 4.79 Å². The average Bonchev–Trinajstić information content (AvgIpc) is 2.57. The van der Waals surface area contributed by atoms with Gasteiger partial charge in [-0.3, -0.25) is 15.0 Å². The van der Waals surface area contributed by atoms with E-state index in [0.29, 0.717) is 0 Å². The number of hydrogen-bond acceptors (Lipinski definition) is 6. The van der Waals surface area contributed by atoms with Crippen molar-refractivity contribution in [2.45, 2.75) is 31.0 Å². The highest BCUT2D eigenvalue weighted by atomic mass is 16.6. The number of rotatable bonds is 2. The van der Waals surface area contributed by atoms with Gasteiger partial charge in [-0.05, 0) is 0 Å². The highest BCUT2D eigenvalue weighted by Crippen LogP contribution is 2.24. The zero-order valence-electron chi connectivity index (χ0n) is 9.07. The number of nitrogens with zero attached hydrogens (tertiary/aromatic N) is 1. The van der Waals surface area contributed by atoms with Crippen molar-refractivity contribution in [2.75, 3.05) is 13.1 Å². The van der Waals surface area contributed by atoms with Crippen molar-refractivity contribution in [3.8, 4) is 0 Å². The van der Waals surface area contributed by atoms with E-state index in [1.54, 1.807) is 0 Å². The number of hydrogen-bond donors (Lipinski definition) is 4. The van der Waals surface area contributed by atoms with Crippen molar-refractivity contribution in [1.29, 1.82) is 0 Å². The number of amides is 3. The van der Waals surface area contributed by atoms with Crippen molar-refractivity contribution < 1.29 is 24.5 Å². The number of urea groups is 1. The fraction of sp³-hybridized carbons (Fsp3) is 0.778. The van der Waals surface area contributed by atoms with E-state index in [1.165, 1.54) is 4.90 Å². The lowest BCUT2D eigenvalue weighted by molar-refractivity contribution is -0.125. The van der Waals surface area contributed by atoms with Gasteiger partial charge in [0.1, 0.15) is 18.3 Å². The van der Waals surface area contributed by atoms with Crippen molar-refractivity contribution in [3.63, 3.8) is 0 Å². The lowest BCUT2D eigenvalue weighted by Gasteiger charge is -2.32. The second-order valence-electron chi connectivity index (χ2n) is 4.08. The number of nitrogens with two attached hydrogens (primary N) is 1. The van der Waals surface area contributed by atoms with Crippen LogP contribution in [-0.4, -0.2) is 64.7 Å². The Hall–Kier alpha value is -1.22. The Labute approximate surface area is 97.3 Å². The maximum atomic E-state index is 11.5. The van der Waals surface area contributed by atoms with E-state index in [4.69, 9.17) is 10.5 Å². The smallest absolute Gasteiger partial charge is 0.326 e. The lowest BCUT2D eigenvalue weighted by Crippen LogP contribution is -2.56. The van der Waals surface area contributed by atoms with Gasteiger partial charge in [-0.2, -0.15) is 0 Å². The minimum Gasteiger partial charge on any atom is -0.387 e. The molecule has 17 heavy (non-hydrogen) atoms. The lowest BCUT2D eigenvalue weighted by atomic mass is 10.1. The van der Waals surface area contributed by atoms with Crippen LogP contribution in [-0.2, 0) is 9.53 Å². The molecular weight excluding hydrogens is 230 g/mol. The molecule has 0 aromatic rings. The van der Waals surface area contributed by atoms with Crippen LogP contribution in [0.4, 0.5) is 4.79 Å². The van der Waals surface area contributed by atoms with Crippen LogP contribution in [0.5, 0.6) is 0 Å². The number of imide groups is 1. The Balaban J connectivity index is 2.08. The number of aliphatic hydroxyl groups excluding tert-OH is 2. The molecule has 2 fully saturated rings. The molecule has 4 atom stereocenters. The molecule has 8 nitrogen and oxygen atoms in total. The summed E-state index contributed by atoms with van der Waals surface area (Å²) in [5.41, 5.74) is 5.37. The van der Waals surface area contributed by atoms with E-state index in [0.717, 1.165) is 0 Å². The van der Waals surface area contributed by atoms with Gasteiger partial charge >= 0.3 is 6.03 Å². The minimum atomic E-state index is -1.22. The van der Waals surface area contributed by atoms with E-state index in [2.05, 4.69) is 5.32 Å². The summed E-state index contributed by atoms with van der Waals surface area (Å²) < 4.78 is 5.31. The van der Waals surface area contributed by atoms with Crippen LogP contribution in [0.15, 0.2) is 0 Å². The number of carbonyl (C=O) groups excluding carboxylic acids is 2. The number of nitrogens with one attached hydrogen (secondary N) is 1. The molecule has 2 aliphatic heterocycles. The van der Waals surface area contributed by atoms with Gasteiger partial charge in [0.25, 0.3) is 0 Å². The average molecular weight is 245 g/mol. The molecule has 2 saturated heterocycles. The summed E-state index contributed by atoms with van der Waals surface area (Å²) in [4.78, 5) is 23.7. The molecule has 0 saturated carbocycles. The topological polar surface area (TPSA) is 125 Å². The Morgan fingerprint density at radius 1 is 1.41 bits per heavy atom. The molecule has 0 aromatic carbocycles. The molecule has 2 heterocycles. The van der Waals surface area contributed by atoms with Crippen LogP contribution in [0.25, 0.3) is 0 Å². The molecule has 3 amide bonds. The number of aliphatic hydroxyl groups is 2. The molecular formula is C9H15N3O5. The summed E-state index contributed by atoms with van der Waals surface area (Å²) in [7, 11) is 0. The van der Waals surface area contributed by atoms with Crippen molar-refractivity contribution >= 4 is 11.9 Å². The number of carbonyl (C=O) groups is 2. The Bertz CT molecular complexity index is 337. The summed E-state index contributed by atoms with van der Waals surface area (Å²) in [5.74, 6) is -0.366. The normalized spacial score (nSPS) is 38.4. The Morgan fingerprint density at radius 2 is 2.12 bits per heavy atom. The first-order chi connectivity index (χ1) is 8.04. The van der Waals surface area contributed by atoms with Crippen LogP contribution >= 0.6 is 0 Å². The third-order valence-electron chi connectivity index (χ3n) is 2.96. The molecule has 4 unspecified atom stereocenters. The van der Waals surface area contributed by atoms with Crippen LogP contribution < -0.4 is 11.1 Å². The Kier molecular flexibility index (Phi) is 3.29. The predicted octanol–water partition coefficient (Wildman–Crippen LogP) is -2.67. The molecule has 0 aliphatic carbocycles. The van der Waals surface area contributed by atoms with E-state index in [9.17, 15) is 19.8 Å². The molecule has 8 heteroatoms. The molecule has 0 aromatic heterocycles. The second kappa shape index (κ2) is 4.57. The fourth-order valence-corrected chi connectivity index (χ4v) is 2.00. The molecule has 0 spiro atoms. The summed E-state index contributed by atoms with van der Waals surface area (Å²) >= 11 is 0. The quantitative estimate of drug-likeness (QED) is 0.420. The van der Waals surface area contributed by atoms with Crippen LogP contribution in [0.3, 0.4) is 0 Å². The van der Waals surface area contributed by atoms with Gasteiger partial charge in [0.2, 0.25) is 5.91 Å². The molecule has 96 valence electrons. The standard InChI is InChI=1S/C9H15N3O5/c10-3-4-6(14)7(15)8(17-4)12-2-1-5(13)11-9(12)16/h4,6-8,14-15H,1-3,10H2,(H,11,13,16). The molecule has 0 bridgehead atoms. The summed E-state index contributed by atoms with van der Waals surface area (Å²) in [6.45, 7) is 0.194. The van der Waals surface area contributed by atoms with Gasteiger partial charge in [-0.15, -0.1) is 0 Å². The minimum absolute atomic E-state index is 0.0448. The molecule has 0 radical (unpaired) electrons. The number of ether oxygens (including phenoxy) is 1. The van der Waals surface area contributed by atoms with Crippen molar-refractivity contribution in [1.82, 2.24) is 10.2 Å². The zero-order valence-corrected chi connectivity index (χ0v) is 9.07. The van der Waals surface area contributed by atoms with Gasteiger partial charge < -0.3 is 20.7 Å². The summed E-state index contributed by atoms with van der Waals surface area (Å²) in [5, 5.41) is 21.5. The van der Waals surface area contributed by atoms with E-state index in [-0.39, 0.29) is 25.4 Å². The summed E-state index contributed by atoms with van der Waals surface area (Å²) in [6.07, 6.45) is -3.88. The largest absolute Gasteiger partial charge is 0.387 e. The Morgan fingerprint density at radius 3 is 2.65 bits per heavy atom. The predicted molar refractivity (Wildman–Crippen MR) is 54.6 cm³/mol. The van der Waals surface area contributed by atoms with E-state index >= 15 is 0 Å². The summed E-state index contributed by atoms with van der Waals surface area (Å²) in [6, 6.07) is -0.629. The first-order valence-corrected chi connectivity index (χ1v) is 5.36. The fourth-order valence-electron chi connectivity index (χ4n) is 2.00. The maximum absolute atomic E-state index is 11.5. The molecule has 2 rings (SSSR count). The van der Waals surface area contributed by atoms with Gasteiger partial charge in [0.15, 0.2) is 6.23 Å². The molecule has 2 aliphatic rings. The van der Waals surface area contributed by atoms with Gasteiger partial charge in [0.05, 0.1) is 0 Å². The van der Waals surface area contributed by atoms with Crippen molar-refractivity contribution in [3.05, 3.63) is 0 Å². The van der Waals surface area contributed by atoms with Crippen LogP contribution in [0.1, 0.15) is 6.42 Å². The first kappa shape index (κ1) is 12.2. The highest BCUT2D eigenvalue weighted by Gasteiger charge is 2.47. The van der Waals surface area contributed by atoms with Gasteiger partial charge in [-0.1, -0.05) is 0 Å². The second-order valence-corrected chi connectivity index (χ2v) is 4.08.